The Morgan fingerprint density at radius 2 is 2.26 bits per heavy atom. The van der Waals surface area contributed by atoms with E-state index in [0.29, 0.717) is 0 Å². The van der Waals surface area contributed by atoms with Crippen LogP contribution in [0.4, 0.5) is 0 Å². The molecule has 0 spiro atoms. The van der Waals surface area contributed by atoms with E-state index in [1.54, 1.807) is 6.20 Å². The van der Waals surface area contributed by atoms with Crippen molar-refractivity contribution in [2.24, 2.45) is 18.7 Å². The van der Waals surface area contributed by atoms with Crippen molar-refractivity contribution in [3.05, 3.63) is 35.9 Å². The number of carbonyl (C=O) groups is 1. The highest BCUT2D eigenvalue weighted by Crippen LogP contribution is 2.25. The van der Waals surface area contributed by atoms with Gasteiger partial charge in [0, 0.05) is 24.5 Å². The number of allylic oxidation sites excluding steroid dienone is 1. The van der Waals surface area contributed by atoms with Gasteiger partial charge in [-0.1, -0.05) is 27.4 Å². The van der Waals surface area contributed by atoms with Crippen LogP contribution in [0.25, 0.3) is 5.57 Å². The van der Waals surface area contributed by atoms with E-state index in [2.05, 4.69) is 37.8 Å². The first kappa shape index (κ1) is 15.0. The average molecular weight is 262 g/mol. The van der Waals surface area contributed by atoms with Crippen molar-refractivity contribution >= 4 is 11.5 Å². The molecule has 0 atom stereocenters. The summed E-state index contributed by atoms with van der Waals surface area (Å²) < 4.78 is 1.86. The highest BCUT2D eigenvalue weighted by atomic mass is 16.1. The van der Waals surface area contributed by atoms with Crippen LogP contribution in [0, 0.1) is 5.92 Å². The van der Waals surface area contributed by atoms with Gasteiger partial charge in [-0.3, -0.25) is 9.48 Å². The first-order valence-electron chi connectivity index (χ1n) is 6.35. The fourth-order valence-electron chi connectivity index (χ4n) is 1.91. The van der Waals surface area contributed by atoms with E-state index in [0.717, 1.165) is 23.3 Å². The average Bonchev–Trinajstić information content (AvgIpc) is 2.69. The number of amides is 1. The van der Waals surface area contributed by atoms with Crippen molar-refractivity contribution in [2.75, 3.05) is 0 Å². The van der Waals surface area contributed by atoms with Crippen LogP contribution >= 0.6 is 0 Å². The SMILES string of the molecule is C=C(N)C(=O)N/C=C(/c1cnn(C)c1CC)C(C)C. The van der Waals surface area contributed by atoms with Gasteiger partial charge in [-0.15, -0.1) is 0 Å². The lowest BCUT2D eigenvalue weighted by molar-refractivity contribution is -0.116. The maximum atomic E-state index is 11.5. The highest BCUT2D eigenvalue weighted by Gasteiger charge is 2.14. The van der Waals surface area contributed by atoms with Gasteiger partial charge >= 0.3 is 0 Å². The van der Waals surface area contributed by atoms with Crippen molar-refractivity contribution < 1.29 is 4.79 Å². The Bertz CT molecular complexity index is 512. The molecule has 0 saturated carbocycles. The standard InChI is InChI=1S/C14H22N4O/c1-6-13-12(8-17-18(13)5)11(9(2)3)7-16-14(19)10(4)15/h7-9H,4,6,15H2,1-3,5H3,(H,16,19)/b11-7+. The number of nitrogens with one attached hydrogen (secondary N) is 1. The first-order valence-corrected chi connectivity index (χ1v) is 6.35. The molecule has 0 aliphatic rings. The molecule has 1 heterocycles. The number of hydrogen-bond donors (Lipinski definition) is 2. The zero-order chi connectivity index (χ0) is 14.6. The molecule has 0 bridgehead atoms. The largest absolute Gasteiger partial charge is 0.395 e. The molecule has 0 aliphatic carbocycles. The Labute approximate surface area is 114 Å². The zero-order valence-electron chi connectivity index (χ0n) is 12.0. The van der Waals surface area contributed by atoms with Gasteiger partial charge < -0.3 is 11.1 Å². The summed E-state index contributed by atoms with van der Waals surface area (Å²) in [6.45, 7) is 9.63. The third-order valence-electron chi connectivity index (χ3n) is 2.98. The topological polar surface area (TPSA) is 72.9 Å². The number of aromatic nitrogens is 2. The lowest BCUT2D eigenvalue weighted by Gasteiger charge is -2.13. The van der Waals surface area contributed by atoms with Crippen molar-refractivity contribution in [1.29, 1.82) is 0 Å². The molecule has 3 N–H and O–H groups in total. The van der Waals surface area contributed by atoms with Crippen LogP contribution < -0.4 is 11.1 Å². The quantitative estimate of drug-likeness (QED) is 0.791. The minimum atomic E-state index is -0.375. The number of nitrogens with zero attached hydrogens (tertiary/aromatic N) is 2. The van der Waals surface area contributed by atoms with Gasteiger partial charge in [-0.25, -0.2) is 0 Å². The number of hydrogen-bond acceptors (Lipinski definition) is 3. The lowest BCUT2D eigenvalue weighted by Crippen LogP contribution is -2.24. The van der Waals surface area contributed by atoms with Gasteiger partial charge in [0.2, 0.25) is 0 Å². The smallest absolute Gasteiger partial charge is 0.270 e. The predicted octanol–water partition coefficient (Wildman–Crippen LogP) is 1.57. The number of nitrogens with two attached hydrogens (primary N) is 1. The molecule has 1 aromatic rings. The maximum absolute atomic E-state index is 11.5. The van der Waals surface area contributed by atoms with E-state index < -0.39 is 0 Å². The molecular weight excluding hydrogens is 240 g/mol. The predicted molar refractivity (Wildman–Crippen MR) is 76.9 cm³/mol. The van der Waals surface area contributed by atoms with Crippen molar-refractivity contribution in [1.82, 2.24) is 15.1 Å². The second-order valence-electron chi connectivity index (χ2n) is 4.74. The summed E-state index contributed by atoms with van der Waals surface area (Å²) in [7, 11) is 1.92. The van der Waals surface area contributed by atoms with Crippen LogP contribution in [0.5, 0.6) is 0 Å². The minimum absolute atomic E-state index is 0.00116. The summed E-state index contributed by atoms with van der Waals surface area (Å²) in [6, 6.07) is 0. The monoisotopic (exact) mass is 262 g/mol. The molecule has 104 valence electrons. The molecule has 19 heavy (non-hydrogen) atoms. The molecule has 0 aliphatic heterocycles. The Morgan fingerprint density at radius 1 is 1.63 bits per heavy atom. The second kappa shape index (κ2) is 6.22. The lowest BCUT2D eigenvalue weighted by atomic mass is 9.96. The van der Waals surface area contributed by atoms with Crippen LogP contribution in [0.15, 0.2) is 24.7 Å². The van der Waals surface area contributed by atoms with Gasteiger partial charge in [0.1, 0.15) is 0 Å². The Balaban J connectivity index is 3.10. The number of aryl methyl sites for hydroxylation is 1. The summed E-state index contributed by atoms with van der Waals surface area (Å²) >= 11 is 0. The fourth-order valence-corrected chi connectivity index (χ4v) is 1.91. The van der Waals surface area contributed by atoms with Gasteiger partial charge in [0.15, 0.2) is 0 Å². The van der Waals surface area contributed by atoms with Gasteiger partial charge in [-0.2, -0.15) is 5.10 Å². The second-order valence-corrected chi connectivity index (χ2v) is 4.74. The van der Waals surface area contributed by atoms with E-state index in [-0.39, 0.29) is 17.5 Å². The van der Waals surface area contributed by atoms with Gasteiger partial charge in [-0.05, 0) is 17.9 Å². The van der Waals surface area contributed by atoms with Crippen molar-refractivity contribution in [3.63, 3.8) is 0 Å². The fraction of sp³-hybridized carbons (Fsp3) is 0.429. The molecule has 0 saturated heterocycles. The van der Waals surface area contributed by atoms with Crippen molar-refractivity contribution in [2.45, 2.75) is 27.2 Å². The molecule has 1 rings (SSSR count). The Hall–Kier alpha value is -2.04. The van der Waals surface area contributed by atoms with Crippen LogP contribution in [-0.2, 0) is 18.3 Å². The van der Waals surface area contributed by atoms with Gasteiger partial charge in [0.25, 0.3) is 5.91 Å². The summed E-state index contributed by atoms with van der Waals surface area (Å²) in [5, 5.41) is 6.93. The summed E-state index contributed by atoms with van der Waals surface area (Å²) in [4.78, 5) is 11.5. The molecule has 0 aromatic carbocycles. The Morgan fingerprint density at radius 3 is 2.74 bits per heavy atom. The molecule has 5 nitrogen and oxygen atoms in total. The van der Waals surface area contributed by atoms with E-state index >= 15 is 0 Å². The minimum Gasteiger partial charge on any atom is -0.395 e. The third kappa shape index (κ3) is 3.47. The molecule has 5 heteroatoms. The van der Waals surface area contributed by atoms with Crippen molar-refractivity contribution in [3.8, 4) is 0 Å². The normalized spacial score (nSPS) is 11.7. The molecule has 0 fully saturated rings. The number of carbonyl (C=O) groups excluding carboxylic acids is 1. The number of rotatable bonds is 5. The molecule has 1 aromatic heterocycles. The maximum Gasteiger partial charge on any atom is 0.270 e. The molecular formula is C14H22N4O. The van der Waals surface area contributed by atoms with E-state index in [4.69, 9.17) is 5.73 Å². The van der Waals surface area contributed by atoms with Crippen LogP contribution in [0.1, 0.15) is 32.0 Å². The van der Waals surface area contributed by atoms with Crippen LogP contribution in [0.3, 0.4) is 0 Å². The highest BCUT2D eigenvalue weighted by molar-refractivity contribution is 5.93. The molecule has 1 amide bonds. The van der Waals surface area contributed by atoms with E-state index in [9.17, 15) is 4.79 Å². The van der Waals surface area contributed by atoms with Crippen LogP contribution in [0.2, 0.25) is 0 Å². The molecule has 0 radical (unpaired) electrons. The van der Waals surface area contributed by atoms with Crippen LogP contribution in [-0.4, -0.2) is 15.7 Å². The summed E-state index contributed by atoms with van der Waals surface area (Å²) in [6.07, 6.45) is 4.41. The zero-order valence-corrected chi connectivity index (χ0v) is 12.0. The molecule has 0 unspecified atom stereocenters. The van der Waals surface area contributed by atoms with E-state index in [1.165, 1.54) is 0 Å². The third-order valence-corrected chi connectivity index (χ3v) is 2.98. The first-order chi connectivity index (χ1) is 8.88. The van der Waals surface area contributed by atoms with Gasteiger partial charge in [0.05, 0.1) is 11.9 Å². The Kier molecular flexibility index (Phi) is 4.92. The summed E-state index contributed by atoms with van der Waals surface area (Å²) in [5.74, 6) is -0.110. The summed E-state index contributed by atoms with van der Waals surface area (Å²) in [5.41, 5.74) is 8.57. The van der Waals surface area contributed by atoms with E-state index in [1.807, 2.05) is 17.9 Å².